The topological polar surface area (TPSA) is 63.3 Å². The summed E-state index contributed by atoms with van der Waals surface area (Å²) in [6.45, 7) is 5.02. The molecule has 16 heavy (non-hydrogen) atoms. The molecule has 1 saturated carbocycles. The van der Waals surface area contributed by atoms with Crippen LogP contribution in [0.3, 0.4) is 0 Å². The lowest BCUT2D eigenvalue weighted by Gasteiger charge is -2.37. The van der Waals surface area contributed by atoms with E-state index in [0.29, 0.717) is 18.4 Å². The molecule has 3 nitrogen and oxygen atoms in total. The fourth-order valence-corrected chi connectivity index (χ4v) is 3.60. The molecule has 1 aliphatic carbocycles. The van der Waals surface area contributed by atoms with E-state index in [1.54, 1.807) is 11.8 Å². The predicted octanol–water partition coefficient (Wildman–Crippen LogP) is 2.35. The van der Waals surface area contributed by atoms with Crippen LogP contribution in [0.2, 0.25) is 0 Å². The van der Waals surface area contributed by atoms with E-state index in [2.05, 4.69) is 13.8 Å². The van der Waals surface area contributed by atoms with Gasteiger partial charge in [-0.1, -0.05) is 13.8 Å². The normalized spacial score (nSPS) is 30.6. The lowest BCUT2D eigenvalue weighted by atomic mass is 9.76. The highest BCUT2D eigenvalue weighted by Gasteiger charge is 2.42. The molecule has 1 rings (SSSR count). The second-order valence-corrected chi connectivity index (χ2v) is 6.50. The third kappa shape index (κ3) is 3.14. The second kappa shape index (κ2) is 5.92. The van der Waals surface area contributed by atoms with E-state index >= 15 is 0 Å². The molecule has 0 bridgehead atoms. The maximum Gasteiger partial charge on any atom is 0.319 e. The van der Waals surface area contributed by atoms with E-state index in [-0.39, 0.29) is 0 Å². The quantitative estimate of drug-likeness (QED) is 0.780. The van der Waals surface area contributed by atoms with Crippen molar-refractivity contribution in [2.24, 2.45) is 17.6 Å². The Morgan fingerprint density at radius 2 is 2.06 bits per heavy atom. The van der Waals surface area contributed by atoms with Crippen molar-refractivity contribution in [3.63, 3.8) is 0 Å². The summed E-state index contributed by atoms with van der Waals surface area (Å²) in [7, 11) is 0. The van der Waals surface area contributed by atoms with Crippen LogP contribution >= 0.6 is 11.8 Å². The van der Waals surface area contributed by atoms with Crippen LogP contribution in [0.4, 0.5) is 0 Å². The van der Waals surface area contributed by atoms with Crippen molar-refractivity contribution in [3.05, 3.63) is 0 Å². The van der Waals surface area contributed by atoms with Gasteiger partial charge in [-0.3, -0.25) is 4.79 Å². The predicted molar refractivity (Wildman–Crippen MR) is 68.7 cm³/mol. The lowest BCUT2D eigenvalue weighted by Crippen LogP contribution is -2.40. The Balaban J connectivity index is 2.59. The van der Waals surface area contributed by atoms with Gasteiger partial charge < -0.3 is 10.8 Å². The Bertz CT molecular complexity index is 235. The highest BCUT2D eigenvalue weighted by atomic mass is 32.2. The van der Waals surface area contributed by atoms with Gasteiger partial charge in [-0.05, 0) is 37.5 Å². The molecule has 0 aromatic rings. The maximum atomic E-state index is 11.4. The number of carboxylic acids is 1. The molecule has 0 aliphatic heterocycles. The number of nitrogens with two attached hydrogens (primary N) is 1. The molecule has 94 valence electrons. The maximum absolute atomic E-state index is 11.4. The molecule has 0 aromatic heterocycles. The number of aliphatic carboxylic acids is 1. The molecular weight excluding hydrogens is 222 g/mol. The summed E-state index contributed by atoms with van der Waals surface area (Å²) >= 11 is 1.54. The smallest absolute Gasteiger partial charge is 0.319 e. The summed E-state index contributed by atoms with van der Waals surface area (Å²) in [5, 5.41) is 9.38. The summed E-state index contributed by atoms with van der Waals surface area (Å²) in [4.78, 5) is 11.4. The van der Waals surface area contributed by atoms with E-state index < -0.39 is 10.7 Å². The summed E-state index contributed by atoms with van der Waals surface area (Å²) < 4.78 is -0.551. The van der Waals surface area contributed by atoms with Crippen LogP contribution in [-0.2, 0) is 4.79 Å². The first kappa shape index (κ1) is 13.8. The Morgan fingerprint density at radius 3 is 2.44 bits per heavy atom. The number of rotatable bonds is 5. The number of hydrogen-bond acceptors (Lipinski definition) is 3. The number of carbonyl (C=O) groups is 1. The second-order valence-electron chi connectivity index (χ2n) is 5.02. The van der Waals surface area contributed by atoms with Crippen molar-refractivity contribution < 1.29 is 9.90 Å². The van der Waals surface area contributed by atoms with Crippen LogP contribution in [0, 0.1) is 11.8 Å². The molecule has 0 aromatic carbocycles. The van der Waals surface area contributed by atoms with Crippen molar-refractivity contribution in [2.45, 2.75) is 44.3 Å². The first-order chi connectivity index (χ1) is 7.52. The molecule has 0 spiro atoms. The highest BCUT2D eigenvalue weighted by molar-refractivity contribution is 8.01. The fraction of sp³-hybridized carbons (Fsp3) is 0.917. The standard InChI is InChI=1S/C12H23NO2S/c1-9(2)10-3-5-12(6-4-10,11(14)15)16-8-7-13/h9-10H,3-8,13H2,1-2H3,(H,14,15). The number of hydrogen-bond donors (Lipinski definition) is 2. The molecule has 3 N–H and O–H groups in total. The van der Waals surface area contributed by atoms with Crippen LogP contribution in [0.25, 0.3) is 0 Å². The van der Waals surface area contributed by atoms with E-state index in [9.17, 15) is 9.90 Å². The molecule has 4 heteroatoms. The van der Waals surface area contributed by atoms with Gasteiger partial charge in [0.1, 0.15) is 4.75 Å². The first-order valence-electron chi connectivity index (χ1n) is 6.09. The summed E-state index contributed by atoms with van der Waals surface area (Å²) in [5.41, 5.74) is 5.47. The summed E-state index contributed by atoms with van der Waals surface area (Å²) in [6.07, 6.45) is 3.69. The van der Waals surface area contributed by atoms with E-state index in [4.69, 9.17) is 5.73 Å². The van der Waals surface area contributed by atoms with Crippen molar-refractivity contribution in [2.75, 3.05) is 12.3 Å². The van der Waals surface area contributed by atoms with Crippen molar-refractivity contribution in [1.29, 1.82) is 0 Å². The van der Waals surface area contributed by atoms with Gasteiger partial charge in [0, 0.05) is 12.3 Å². The molecule has 0 amide bonds. The van der Waals surface area contributed by atoms with Crippen LogP contribution in [0.15, 0.2) is 0 Å². The van der Waals surface area contributed by atoms with Gasteiger partial charge in [0.05, 0.1) is 0 Å². The molecule has 0 saturated heterocycles. The van der Waals surface area contributed by atoms with E-state index in [0.717, 1.165) is 31.4 Å². The molecule has 0 atom stereocenters. The highest BCUT2D eigenvalue weighted by Crippen LogP contribution is 2.43. The van der Waals surface area contributed by atoms with E-state index in [1.165, 1.54) is 0 Å². The van der Waals surface area contributed by atoms with Gasteiger partial charge >= 0.3 is 5.97 Å². The largest absolute Gasteiger partial charge is 0.480 e. The van der Waals surface area contributed by atoms with Gasteiger partial charge in [-0.2, -0.15) is 0 Å². The Kier molecular flexibility index (Phi) is 5.12. The van der Waals surface area contributed by atoms with Crippen molar-refractivity contribution in [3.8, 4) is 0 Å². The van der Waals surface area contributed by atoms with Crippen molar-refractivity contribution in [1.82, 2.24) is 0 Å². The average Bonchev–Trinajstić information content (AvgIpc) is 2.26. The Morgan fingerprint density at radius 1 is 1.50 bits per heavy atom. The van der Waals surface area contributed by atoms with Gasteiger partial charge in [0.2, 0.25) is 0 Å². The molecule has 0 radical (unpaired) electrons. The summed E-state index contributed by atoms with van der Waals surface area (Å²) in [6, 6.07) is 0. The molecule has 1 aliphatic rings. The summed E-state index contributed by atoms with van der Waals surface area (Å²) in [5.74, 6) is 1.48. The third-order valence-corrected chi connectivity index (χ3v) is 5.24. The third-order valence-electron chi connectivity index (χ3n) is 3.67. The lowest BCUT2D eigenvalue weighted by molar-refractivity contribution is -0.141. The van der Waals surface area contributed by atoms with Gasteiger partial charge in [-0.15, -0.1) is 11.8 Å². The minimum Gasteiger partial charge on any atom is -0.480 e. The molecule has 0 unspecified atom stereocenters. The van der Waals surface area contributed by atoms with E-state index in [1.807, 2.05) is 0 Å². The minimum absolute atomic E-state index is 0.551. The average molecular weight is 245 g/mol. The number of thioether (sulfide) groups is 1. The zero-order valence-electron chi connectivity index (χ0n) is 10.2. The van der Waals surface area contributed by atoms with Gasteiger partial charge in [-0.25, -0.2) is 0 Å². The first-order valence-corrected chi connectivity index (χ1v) is 7.08. The molecule has 1 fully saturated rings. The van der Waals surface area contributed by atoms with Crippen LogP contribution in [0.5, 0.6) is 0 Å². The zero-order chi connectivity index (χ0) is 12.2. The van der Waals surface area contributed by atoms with Crippen LogP contribution < -0.4 is 5.73 Å². The van der Waals surface area contributed by atoms with Gasteiger partial charge in [0.15, 0.2) is 0 Å². The van der Waals surface area contributed by atoms with Gasteiger partial charge in [0.25, 0.3) is 0 Å². The SMILES string of the molecule is CC(C)C1CCC(SCCN)(C(=O)O)CC1. The number of carboxylic acid groups (broad SMARTS) is 1. The van der Waals surface area contributed by atoms with Crippen molar-refractivity contribution >= 4 is 17.7 Å². The molecular formula is C12H23NO2S. The molecule has 0 heterocycles. The van der Waals surface area contributed by atoms with Crippen LogP contribution in [-0.4, -0.2) is 28.1 Å². The Hall–Kier alpha value is -0.220. The monoisotopic (exact) mass is 245 g/mol. The minimum atomic E-state index is -0.645. The fourth-order valence-electron chi connectivity index (χ4n) is 2.45. The van der Waals surface area contributed by atoms with Crippen LogP contribution in [0.1, 0.15) is 39.5 Å². The Labute approximate surface area is 102 Å². The zero-order valence-corrected chi connectivity index (χ0v) is 11.1.